The lowest BCUT2D eigenvalue weighted by Gasteiger charge is -2.46. The Hall–Kier alpha value is -4.54. The minimum Gasteiger partial charge on any atom is -0.494 e. The van der Waals surface area contributed by atoms with Gasteiger partial charge < -0.3 is 33.2 Å². The largest absolute Gasteiger partial charge is 0.494 e. The molecule has 6 rings (SSSR count). The molecule has 0 aromatic heterocycles. The van der Waals surface area contributed by atoms with Crippen molar-refractivity contribution in [3.63, 3.8) is 0 Å². The first kappa shape index (κ1) is 42.1. The van der Waals surface area contributed by atoms with Gasteiger partial charge >= 0.3 is 5.97 Å². The van der Waals surface area contributed by atoms with Crippen LogP contribution in [0, 0.1) is 0 Å². The lowest BCUT2D eigenvalue weighted by atomic mass is 9.89. The van der Waals surface area contributed by atoms with Gasteiger partial charge in [0.05, 0.1) is 32.0 Å². The van der Waals surface area contributed by atoms with Crippen LogP contribution in [0.15, 0.2) is 133 Å². The molecular weight excluding hydrogens is 740 g/mol. The zero-order valence-electron chi connectivity index (χ0n) is 33.2. The number of benzene rings is 5. The second-order valence-electron chi connectivity index (χ2n) is 15.1. The normalized spacial score (nSPS) is 19.6. The molecule has 1 heterocycles. The van der Waals surface area contributed by atoms with Gasteiger partial charge in [0.25, 0.3) is 0 Å². The summed E-state index contributed by atoms with van der Waals surface area (Å²) in [7, 11) is 0. The van der Waals surface area contributed by atoms with Crippen molar-refractivity contribution < 1.29 is 38.0 Å². The molecule has 5 atom stereocenters. The Morgan fingerprint density at radius 1 is 0.667 bits per heavy atom. The Morgan fingerprint density at radius 2 is 1.21 bits per heavy atom. The minimum atomic E-state index is -0.736. The van der Waals surface area contributed by atoms with Crippen LogP contribution < -0.4 is 4.74 Å². The highest BCUT2D eigenvalue weighted by Crippen LogP contribution is 2.40. The Kier molecular flexibility index (Phi) is 15.3. The van der Waals surface area contributed by atoms with Crippen LogP contribution >= 0.6 is 11.6 Å². The van der Waals surface area contributed by atoms with Crippen LogP contribution in [0.25, 0.3) is 0 Å². The number of rotatable bonds is 18. The average molecular weight is 793 g/mol. The predicted molar refractivity (Wildman–Crippen MR) is 221 cm³/mol. The van der Waals surface area contributed by atoms with Gasteiger partial charge in [0.2, 0.25) is 0 Å². The molecule has 0 saturated carbocycles. The zero-order valence-corrected chi connectivity index (χ0v) is 33.9. The smallest absolute Gasteiger partial charge is 0.332 e. The SMILES string of the molecule is CCOc1ccc(Cc2cc([C@@H]3O[C@H](COC(=O)COC(C)(C)C)[C@@H](OCc4ccccc4)[C@H](OCc4ccccc4)[C@H]3OCc3ccccc3)ccc2Cl)cc1. The fourth-order valence-corrected chi connectivity index (χ4v) is 6.86. The van der Waals surface area contributed by atoms with Crippen molar-refractivity contribution in [2.45, 2.75) is 90.1 Å². The number of hydrogen-bond donors (Lipinski definition) is 0. The van der Waals surface area contributed by atoms with Crippen molar-refractivity contribution in [1.82, 2.24) is 0 Å². The molecule has 0 spiro atoms. The lowest BCUT2D eigenvalue weighted by Crippen LogP contribution is -2.58. The van der Waals surface area contributed by atoms with Crippen LogP contribution in [0.5, 0.6) is 5.75 Å². The van der Waals surface area contributed by atoms with Crippen molar-refractivity contribution in [1.29, 1.82) is 0 Å². The molecule has 8 nitrogen and oxygen atoms in total. The molecule has 9 heteroatoms. The molecule has 0 unspecified atom stereocenters. The zero-order chi connectivity index (χ0) is 40.0. The van der Waals surface area contributed by atoms with E-state index in [9.17, 15) is 4.79 Å². The molecule has 0 radical (unpaired) electrons. The maximum absolute atomic E-state index is 13.1. The molecule has 0 amide bonds. The minimum absolute atomic E-state index is 0.0917. The van der Waals surface area contributed by atoms with Crippen LogP contribution in [-0.2, 0) is 59.5 Å². The monoisotopic (exact) mass is 792 g/mol. The second-order valence-corrected chi connectivity index (χ2v) is 15.5. The Bertz CT molecular complexity index is 1950. The first-order valence-corrected chi connectivity index (χ1v) is 19.9. The van der Waals surface area contributed by atoms with Crippen molar-refractivity contribution in [2.75, 3.05) is 19.8 Å². The molecule has 1 saturated heterocycles. The summed E-state index contributed by atoms with van der Waals surface area (Å²) >= 11 is 6.88. The lowest BCUT2D eigenvalue weighted by molar-refractivity contribution is -0.273. The third-order valence-corrected chi connectivity index (χ3v) is 9.92. The van der Waals surface area contributed by atoms with E-state index in [1.807, 2.05) is 155 Å². The fourth-order valence-electron chi connectivity index (χ4n) is 6.68. The number of ether oxygens (including phenoxy) is 7. The van der Waals surface area contributed by atoms with Crippen molar-refractivity contribution in [3.8, 4) is 5.75 Å². The van der Waals surface area contributed by atoms with E-state index in [4.69, 9.17) is 44.8 Å². The van der Waals surface area contributed by atoms with Crippen LogP contribution in [0.2, 0.25) is 5.02 Å². The molecule has 1 aliphatic heterocycles. The van der Waals surface area contributed by atoms with E-state index in [2.05, 4.69) is 6.07 Å². The van der Waals surface area contributed by atoms with Gasteiger partial charge in [0.15, 0.2) is 0 Å². The van der Waals surface area contributed by atoms with Gasteiger partial charge in [0, 0.05) is 5.02 Å². The summed E-state index contributed by atoms with van der Waals surface area (Å²) in [5.74, 6) is 0.317. The molecule has 1 aliphatic rings. The third kappa shape index (κ3) is 12.7. The molecule has 0 aliphatic carbocycles. The number of carbonyl (C=O) groups excluding carboxylic acids is 1. The standard InChI is InChI=1S/C48H53ClO8/c1-5-51-40-24-21-34(22-25-40)27-39-28-38(23-26-41(39)49)44-46(54-30-36-17-11-7-12-18-36)47(55-31-37-19-13-8-14-20-37)45(53-29-35-15-9-6-10-16-35)42(57-44)32-52-43(50)33-56-48(2,3)4/h6-26,28,42,44-47H,5,27,29-33H2,1-4H3/t42-,44+,45-,46+,47+/m1/s1. The number of hydrogen-bond acceptors (Lipinski definition) is 8. The molecule has 300 valence electrons. The van der Waals surface area contributed by atoms with Gasteiger partial charge in [-0.1, -0.05) is 127 Å². The number of carbonyl (C=O) groups is 1. The highest BCUT2D eigenvalue weighted by Gasteiger charge is 2.49. The topological polar surface area (TPSA) is 81.7 Å². The van der Waals surface area contributed by atoms with Crippen LogP contribution in [0.3, 0.4) is 0 Å². The summed E-state index contributed by atoms with van der Waals surface area (Å²) in [4.78, 5) is 13.1. The first-order chi connectivity index (χ1) is 27.6. The van der Waals surface area contributed by atoms with Gasteiger partial charge in [-0.3, -0.25) is 0 Å². The van der Waals surface area contributed by atoms with E-state index >= 15 is 0 Å². The molecule has 0 N–H and O–H groups in total. The average Bonchev–Trinajstić information content (AvgIpc) is 3.22. The maximum atomic E-state index is 13.1. The van der Waals surface area contributed by atoms with Crippen molar-refractivity contribution in [2.24, 2.45) is 0 Å². The number of halogens is 1. The Morgan fingerprint density at radius 3 is 1.75 bits per heavy atom. The van der Waals surface area contributed by atoms with E-state index in [1.54, 1.807) is 0 Å². The summed E-state index contributed by atoms with van der Waals surface area (Å²) in [6, 6.07) is 43.9. The Labute approximate surface area is 341 Å². The van der Waals surface area contributed by atoms with E-state index < -0.39 is 42.1 Å². The second kappa shape index (κ2) is 20.8. The van der Waals surface area contributed by atoms with Gasteiger partial charge in [-0.25, -0.2) is 4.79 Å². The highest BCUT2D eigenvalue weighted by atomic mass is 35.5. The van der Waals surface area contributed by atoms with Gasteiger partial charge in [0.1, 0.15) is 49.5 Å². The first-order valence-electron chi connectivity index (χ1n) is 19.6. The van der Waals surface area contributed by atoms with Crippen LogP contribution in [-0.4, -0.2) is 55.8 Å². The van der Waals surface area contributed by atoms with Gasteiger partial charge in [-0.05, 0) is 85.7 Å². The van der Waals surface area contributed by atoms with E-state index in [1.165, 1.54) is 0 Å². The molecule has 0 bridgehead atoms. The van der Waals surface area contributed by atoms with E-state index in [0.717, 1.165) is 39.1 Å². The third-order valence-electron chi connectivity index (χ3n) is 9.55. The summed E-state index contributed by atoms with van der Waals surface area (Å²) in [5, 5.41) is 0.635. The predicted octanol–water partition coefficient (Wildman–Crippen LogP) is 9.88. The van der Waals surface area contributed by atoms with Crippen molar-refractivity contribution >= 4 is 17.6 Å². The van der Waals surface area contributed by atoms with Gasteiger partial charge in [-0.15, -0.1) is 0 Å². The Balaban J connectivity index is 1.37. The fraction of sp³-hybridized carbons (Fsp3) is 0.354. The van der Waals surface area contributed by atoms with Crippen LogP contribution in [0.1, 0.15) is 67.2 Å². The summed E-state index contributed by atoms with van der Waals surface area (Å²) in [5.41, 5.74) is 5.33. The quantitative estimate of drug-likeness (QED) is 0.0812. The van der Waals surface area contributed by atoms with Crippen LogP contribution in [0.4, 0.5) is 0 Å². The number of esters is 1. The molecule has 1 fully saturated rings. The van der Waals surface area contributed by atoms with E-state index in [-0.39, 0.29) is 19.8 Å². The molecular formula is C48H53ClO8. The summed E-state index contributed by atoms with van der Waals surface area (Å²) in [6.45, 7) is 8.83. The highest BCUT2D eigenvalue weighted by molar-refractivity contribution is 6.31. The molecule has 5 aromatic rings. The maximum Gasteiger partial charge on any atom is 0.332 e. The summed E-state index contributed by atoms with van der Waals surface area (Å²) in [6.07, 6.45) is -2.80. The molecule has 5 aromatic carbocycles. The van der Waals surface area contributed by atoms with Crippen molar-refractivity contribution in [3.05, 3.63) is 172 Å². The van der Waals surface area contributed by atoms with Gasteiger partial charge in [-0.2, -0.15) is 0 Å². The summed E-state index contributed by atoms with van der Waals surface area (Å²) < 4.78 is 44.9. The molecule has 57 heavy (non-hydrogen) atoms. The van der Waals surface area contributed by atoms with E-state index in [0.29, 0.717) is 31.3 Å².